The number of nitrogens with one attached hydrogen (secondary N) is 1. The number of thiophene rings is 1. The van der Waals surface area contributed by atoms with Crippen LogP contribution in [-0.4, -0.2) is 42.9 Å². The average molecular weight is 349 g/mol. The molecule has 1 N–H and O–H groups in total. The molecule has 0 aliphatic carbocycles. The van der Waals surface area contributed by atoms with Gasteiger partial charge in [-0.3, -0.25) is 0 Å². The number of hydrogen-bond donors (Lipinski definition) is 1. The number of sulfonamides is 1. The molecule has 1 aromatic heterocycles. The molecule has 1 aliphatic heterocycles. The van der Waals surface area contributed by atoms with Crippen LogP contribution >= 0.6 is 23.1 Å². The lowest BCUT2D eigenvalue weighted by molar-refractivity contribution is 0.340. The number of hydrogen-bond acceptors (Lipinski definition) is 5. The van der Waals surface area contributed by atoms with Gasteiger partial charge in [0, 0.05) is 40.4 Å². The van der Waals surface area contributed by atoms with Crippen LogP contribution in [0.1, 0.15) is 32.1 Å². The van der Waals surface area contributed by atoms with Gasteiger partial charge in [-0.2, -0.15) is 16.1 Å². The molecule has 21 heavy (non-hydrogen) atoms. The third-order valence-corrected chi connectivity index (χ3v) is 8.18. The van der Waals surface area contributed by atoms with E-state index in [1.54, 1.807) is 9.69 Å². The second-order valence-corrected chi connectivity index (χ2v) is 9.73. The Balaban J connectivity index is 2.12. The fourth-order valence-electron chi connectivity index (χ4n) is 2.36. The van der Waals surface area contributed by atoms with Gasteiger partial charge < -0.3 is 5.32 Å². The van der Waals surface area contributed by atoms with Crippen LogP contribution in [0.5, 0.6) is 0 Å². The molecule has 2 unspecified atom stereocenters. The first-order valence-corrected chi connectivity index (χ1v) is 10.7. The summed E-state index contributed by atoms with van der Waals surface area (Å²) in [6.45, 7) is 8.54. The lowest BCUT2D eigenvalue weighted by Crippen LogP contribution is -2.47. The molecule has 1 aliphatic rings. The minimum absolute atomic E-state index is 0.0512. The van der Waals surface area contributed by atoms with Crippen molar-refractivity contribution in [1.29, 1.82) is 0 Å². The van der Waals surface area contributed by atoms with Crippen molar-refractivity contribution in [3.8, 4) is 0 Å². The fourth-order valence-corrected chi connectivity index (χ4v) is 6.58. The van der Waals surface area contributed by atoms with Gasteiger partial charge in [0.2, 0.25) is 10.0 Å². The van der Waals surface area contributed by atoms with Crippen LogP contribution in [0.4, 0.5) is 0 Å². The Hall–Kier alpha value is -0.0800. The van der Waals surface area contributed by atoms with E-state index in [4.69, 9.17) is 0 Å². The minimum atomic E-state index is -3.35. The molecule has 0 bridgehead atoms. The summed E-state index contributed by atoms with van der Waals surface area (Å²) in [5.74, 6) is 0.875. The van der Waals surface area contributed by atoms with Crippen LogP contribution in [0.2, 0.25) is 0 Å². The molecule has 0 saturated carbocycles. The minimum Gasteiger partial charge on any atom is -0.312 e. The first kappa shape index (κ1) is 17.3. The zero-order valence-corrected chi connectivity index (χ0v) is 15.3. The van der Waals surface area contributed by atoms with Crippen molar-refractivity contribution in [3.05, 3.63) is 16.3 Å². The molecule has 2 rings (SSSR count). The van der Waals surface area contributed by atoms with Gasteiger partial charge >= 0.3 is 0 Å². The van der Waals surface area contributed by atoms with Crippen molar-refractivity contribution in [3.63, 3.8) is 0 Å². The fraction of sp³-hybridized carbons (Fsp3) is 0.714. The lowest BCUT2D eigenvalue weighted by Gasteiger charge is -2.36. The van der Waals surface area contributed by atoms with E-state index in [-0.39, 0.29) is 6.04 Å². The number of rotatable bonds is 6. The third kappa shape index (κ3) is 4.01. The van der Waals surface area contributed by atoms with Crippen LogP contribution in [0.3, 0.4) is 0 Å². The van der Waals surface area contributed by atoms with Crippen LogP contribution < -0.4 is 5.32 Å². The topological polar surface area (TPSA) is 49.4 Å². The predicted octanol–water partition coefficient (Wildman–Crippen LogP) is 2.76. The second-order valence-electron chi connectivity index (χ2n) is 5.36. The highest BCUT2D eigenvalue weighted by Gasteiger charge is 2.35. The molecule has 2 heterocycles. The summed E-state index contributed by atoms with van der Waals surface area (Å²) in [6, 6.07) is 1.87. The molecule has 0 amide bonds. The number of thioether (sulfide) groups is 1. The van der Waals surface area contributed by atoms with Crippen molar-refractivity contribution < 1.29 is 8.42 Å². The monoisotopic (exact) mass is 348 g/mol. The van der Waals surface area contributed by atoms with Gasteiger partial charge in [0.1, 0.15) is 0 Å². The quantitative estimate of drug-likeness (QED) is 0.803. The summed E-state index contributed by atoms with van der Waals surface area (Å²) >= 11 is 3.37. The standard InChI is InChI=1S/C14H24N2O2S3/c1-4-5-15-9-13-8-14(10-20-13)21(17,18)16-6-7-19-12(3)11(16)2/h8,10-12,15H,4-7,9H2,1-3H3. The molecule has 0 spiro atoms. The summed E-state index contributed by atoms with van der Waals surface area (Å²) in [5.41, 5.74) is 0. The molecule has 7 heteroatoms. The Morgan fingerprint density at radius 3 is 2.90 bits per heavy atom. The predicted molar refractivity (Wildman–Crippen MR) is 91.6 cm³/mol. The Kier molecular flexibility index (Phi) is 6.14. The maximum absolute atomic E-state index is 12.8. The van der Waals surface area contributed by atoms with E-state index in [2.05, 4.69) is 19.2 Å². The molecule has 1 saturated heterocycles. The third-order valence-electron chi connectivity index (χ3n) is 3.79. The molecule has 2 atom stereocenters. The van der Waals surface area contributed by atoms with E-state index < -0.39 is 10.0 Å². The summed E-state index contributed by atoms with van der Waals surface area (Å²) in [5, 5.41) is 5.43. The van der Waals surface area contributed by atoms with Gasteiger partial charge in [-0.05, 0) is 26.0 Å². The van der Waals surface area contributed by atoms with Crippen molar-refractivity contribution in [2.45, 2.75) is 49.9 Å². The molecule has 120 valence electrons. The Labute approximate surface area is 136 Å². The van der Waals surface area contributed by atoms with E-state index >= 15 is 0 Å². The summed E-state index contributed by atoms with van der Waals surface area (Å²) in [6.07, 6.45) is 1.08. The maximum atomic E-state index is 12.8. The summed E-state index contributed by atoms with van der Waals surface area (Å²) < 4.78 is 27.2. The van der Waals surface area contributed by atoms with E-state index in [1.165, 1.54) is 11.3 Å². The highest BCUT2D eigenvalue weighted by Crippen LogP contribution is 2.31. The molecule has 4 nitrogen and oxygen atoms in total. The van der Waals surface area contributed by atoms with Gasteiger partial charge in [0.25, 0.3) is 0 Å². The van der Waals surface area contributed by atoms with Gasteiger partial charge in [-0.15, -0.1) is 11.3 Å². The smallest absolute Gasteiger partial charge is 0.244 e. The average Bonchev–Trinajstić information content (AvgIpc) is 2.91. The summed E-state index contributed by atoms with van der Waals surface area (Å²) in [4.78, 5) is 1.53. The Morgan fingerprint density at radius 2 is 2.19 bits per heavy atom. The van der Waals surface area contributed by atoms with Crippen LogP contribution in [0.25, 0.3) is 0 Å². The van der Waals surface area contributed by atoms with Gasteiger partial charge in [0.15, 0.2) is 0 Å². The van der Waals surface area contributed by atoms with E-state index in [9.17, 15) is 8.42 Å². The second kappa shape index (κ2) is 7.46. The van der Waals surface area contributed by atoms with Crippen molar-refractivity contribution in [2.75, 3.05) is 18.8 Å². The van der Waals surface area contributed by atoms with Crippen molar-refractivity contribution in [2.24, 2.45) is 0 Å². The van der Waals surface area contributed by atoms with E-state index in [1.807, 2.05) is 24.8 Å². The first-order chi connectivity index (χ1) is 9.96. The lowest BCUT2D eigenvalue weighted by atomic mass is 10.2. The van der Waals surface area contributed by atoms with Crippen LogP contribution in [-0.2, 0) is 16.6 Å². The molecule has 0 radical (unpaired) electrons. The summed E-state index contributed by atoms with van der Waals surface area (Å²) in [7, 11) is -3.35. The first-order valence-electron chi connectivity index (χ1n) is 7.38. The van der Waals surface area contributed by atoms with Gasteiger partial charge in [-0.25, -0.2) is 8.42 Å². The zero-order valence-electron chi connectivity index (χ0n) is 12.8. The van der Waals surface area contributed by atoms with Gasteiger partial charge in [0.05, 0.1) is 4.90 Å². The molecular formula is C14H24N2O2S3. The molecular weight excluding hydrogens is 324 g/mol. The normalized spacial score (nSPS) is 24.3. The molecule has 1 aromatic rings. The van der Waals surface area contributed by atoms with Crippen molar-refractivity contribution in [1.82, 2.24) is 9.62 Å². The largest absolute Gasteiger partial charge is 0.312 e. The van der Waals surface area contributed by atoms with Crippen LogP contribution in [0, 0.1) is 0 Å². The highest BCUT2D eigenvalue weighted by molar-refractivity contribution is 8.00. The number of nitrogens with zero attached hydrogens (tertiary/aromatic N) is 1. The SMILES string of the molecule is CCCNCc1cc(S(=O)(=O)N2CCSC(C)C2C)cs1. The molecule has 0 aromatic carbocycles. The van der Waals surface area contributed by atoms with Crippen molar-refractivity contribution >= 4 is 33.1 Å². The molecule has 1 fully saturated rings. The van der Waals surface area contributed by atoms with Gasteiger partial charge in [-0.1, -0.05) is 13.8 Å². The van der Waals surface area contributed by atoms with E-state index in [0.29, 0.717) is 16.7 Å². The van der Waals surface area contributed by atoms with Crippen LogP contribution in [0.15, 0.2) is 16.3 Å². The highest BCUT2D eigenvalue weighted by atomic mass is 32.2. The zero-order chi connectivity index (χ0) is 15.5. The van der Waals surface area contributed by atoms with E-state index in [0.717, 1.165) is 30.1 Å². The Bertz CT molecular complexity index is 556. The Morgan fingerprint density at radius 1 is 1.43 bits per heavy atom. The maximum Gasteiger partial charge on any atom is 0.244 e.